The van der Waals surface area contributed by atoms with E-state index < -0.39 is 10.3 Å². The van der Waals surface area contributed by atoms with Crippen LogP contribution in [-0.2, 0) is 16.7 Å². The molecule has 0 aromatic heterocycles. The number of nitrogens with zero attached hydrogens (tertiary/aromatic N) is 1. The summed E-state index contributed by atoms with van der Waals surface area (Å²) in [6, 6.07) is 9.49. The molecule has 2 rings (SSSR count). The van der Waals surface area contributed by atoms with Crippen LogP contribution in [0.1, 0.15) is 18.4 Å². The molecular weight excluding hydrogens is 233 g/mol. The molecule has 1 aromatic carbocycles. The normalized spacial score (nSPS) is 21.1. The molecule has 17 heavy (non-hydrogen) atoms. The summed E-state index contributed by atoms with van der Waals surface area (Å²) in [7, 11) is -4.29. The molecule has 0 saturated carbocycles. The Balaban J connectivity index is 0.00000144. The van der Waals surface area contributed by atoms with Crippen LogP contribution >= 0.6 is 0 Å². The molecule has 88 valence electrons. The van der Waals surface area contributed by atoms with Gasteiger partial charge in [0.25, 0.3) is 0 Å². The van der Waals surface area contributed by atoms with Crippen LogP contribution in [0.4, 0.5) is 0 Å². The Bertz CT molecular complexity index is 449. The average molecular weight is 247 g/mol. The molecule has 1 saturated heterocycles. The molecule has 0 amide bonds. The zero-order valence-corrected chi connectivity index (χ0v) is 10.7. The molecule has 4 nitrogen and oxygen atoms in total. The number of hydrogen-bond donors (Lipinski definition) is 0. The van der Waals surface area contributed by atoms with Crippen LogP contribution in [0.3, 0.4) is 0 Å². The Hall–Kier alpha value is -0.313. The molecule has 1 aliphatic rings. The minimum Gasteiger partial charge on any atom is -0.735 e. The third-order valence-corrected chi connectivity index (χ3v) is 3.98. The van der Waals surface area contributed by atoms with E-state index in [9.17, 15) is 13.0 Å². The van der Waals surface area contributed by atoms with Gasteiger partial charge in [-0.25, -0.2) is 12.7 Å². The van der Waals surface area contributed by atoms with E-state index in [1.807, 2.05) is 30.3 Å². The van der Waals surface area contributed by atoms with Crippen LogP contribution in [-0.4, -0.2) is 29.9 Å². The van der Waals surface area contributed by atoms with Crippen molar-refractivity contribution in [2.75, 3.05) is 6.54 Å². The van der Waals surface area contributed by atoms with Crippen LogP contribution in [0, 0.1) is 0 Å². The summed E-state index contributed by atoms with van der Waals surface area (Å²) in [5.41, 5.74) is 1.07. The maximum absolute atomic E-state index is 11.0. The first-order chi connectivity index (χ1) is 7.57. The van der Waals surface area contributed by atoms with E-state index in [0.29, 0.717) is 13.0 Å². The van der Waals surface area contributed by atoms with Gasteiger partial charge < -0.3 is 4.55 Å². The predicted octanol–water partition coefficient (Wildman–Crippen LogP) is -1.84. The summed E-state index contributed by atoms with van der Waals surface area (Å²) in [6.07, 6.45) is 2.18. The molecule has 0 N–H and O–H groups in total. The van der Waals surface area contributed by atoms with Crippen LogP contribution in [0.5, 0.6) is 0 Å². The van der Waals surface area contributed by atoms with Crippen molar-refractivity contribution in [3.05, 3.63) is 35.9 Å². The third-order valence-electron chi connectivity index (χ3n) is 2.92. The Kier molecular flexibility index (Phi) is 5.23. The van der Waals surface area contributed by atoms with Crippen molar-refractivity contribution in [2.24, 2.45) is 0 Å². The molecule has 1 aromatic rings. The van der Waals surface area contributed by atoms with Crippen molar-refractivity contribution in [3.63, 3.8) is 0 Å². The summed E-state index contributed by atoms with van der Waals surface area (Å²) < 4.78 is 34.1. The summed E-state index contributed by atoms with van der Waals surface area (Å²) in [5, 5.41) is 0. The Morgan fingerprint density at radius 1 is 1.29 bits per heavy atom. The summed E-state index contributed by atoms with van der Waals surface area (Å²) in [5.74, 6) is 0. The monoisotopic (exact) mass is 247 g/mol. The number of rotatable bonds is 3. The van der Waals surface area contributed by atoms with Gasteiger partial charge in [-0.1, -0.05) is 30.3 Å². The van der Waals surface area contributed by atoms with Gasteiger partial charge >= 0.3 is 18.9 Å². The van der Waals surface area contributed by atoms with Gasteiger partial charge in [-0.3, -0.25) is 0 Å². The Morgan fingerprint density at radius 2 is 1.94 bits per heavy atom. The van der Waals surface area contributed by atoms with Gasteiger partial charge in [-0.2, -0.15) is 0 Å². The molecule has 0 aliphatic carbocycles. The largest absolute Gasteiger partial charge is 1.00 e. The molecule has 0 bridgehead atoms. The van der Waals surface area contributed by atoms with Crippen molar-refractivity contribution < 1.29 is 31.8 Å². The van der Waals surface area contributed by atoms with E-state index >= 15 is 0 Å². The zero-order chi connectivity index (χ0) is 11.6. The van der Waals surface area contributed by atoms with E-state index in [4.69, 9.17) is 0 Å². The second-order valence-electron chi connectivity index (χ2n) is 4.05. The first-order valence-corrected chi connectivity index (χ1v) is 6.70. The minimum absolute atomic E-state index is 0. The second-order valence-corrected chi connectivity index (χ2v) is 5.38. The molecule has 6 heteroatoms. The average Bonchev–Trinajstić information content (AvgIpc) is 2.67. The van der Waals surface area contributed by atoms with Crippen molar-refractivity contribution >= 4 is 10.3 Å². The topological polar surface area (TPSA) is 60.4 Å². The first kappa shape index (κ1) is 14.7. The summed E-state index contributed by atoms with van der Waals surface area (Å²) >= 11 is 0. The van der Waals surface area contributed by atoms with Gasteiger partial charge in [0.1, 0.15) is 0 Å². The van der Waals surface area contributed by atoms with Crippen LogP contribution in [0.25, 0.3) is 0 Å². The van der Waals surface area contributed by atoms with E-state index in [2.05, 4.69) is 0 Å². The minimum atomic E-state index is -4.29. The standard InChI is InChI=1S/C11H15NO3S.Li/c13-16(14,15)12-8-4-7-11(12)9-10-5-2-1-3-6-10;/h1-3,5-6,11H,4,7-9H2,(H,13,14,15);/q;+1/p-1/t11-;/m0./s1. The molecule has 0 radical (unpaired) electrons. The van der Waals surface area contributed by atoms with Crippen LogP contribution in [0.2, 0.25) is 0 Å². The summed E-state index contributed by atoms with van der Waals surface area (Å²) in [6.45, 7) is 0.364. The van der Waals surface area contributed by atoms with Crippen molar-refractivity contribution in [1.29, 1.82) is 0 Å². The SMILES string of the molecule is O=S(=O)([O-])N1CCC[C@H]1Cc1ccccc1.[Li+]. The Morgan fingerprint density at radius 3 is 2.53 bits per heavy atom. The molecule has 1 atom stereocenters. The van der Waals surface area contributed by atoms with Gasteiger partial charge in [0.15, 0.2) is 10.3 Å². The molecule has 0 unspecified atom stereocenters. The van der Waals surface area contributed by atoms with Gasteiger partial charge in [-0.15, -0.1) is 0 Å². The van der Waals surface area contributed by atoms with Gasteiger partial charge in [0, 0.05) is 12.6 Å². The Labute approximate surface area is 114 Å². The van der Waals surface area contributed by atoms with E-state index in [1.165, 1.54) is 0 Å². The van der Waals surface area contributed by atoms with Gasteiger partial charge in [0.2, 0.25) is 0 Å². The maximum atomic E-state index is 11.0. The van der Waals surface area contributed by atoms with Crippen LogP contribution in [0.15, 0.2) is 30.3 Å². The quantitative estimate of drug-likeness (QED) is 0.466. The molecular formula is C11H14LiNO3S. The zero-order valence-electron chi connectivity index (χ0n) is 9.87. The maximum Gasteiger partial charge on any atom is 1.00 e. The van der Waals surface area contributed by atoms with Gasteiger partial charge in [0.05, 0.1) is 0 Å². The fourth-order valence-electron chi connectivity index (χ4n) is 2.19. The van der Waals surface area contributed by atoms with Crippen molar-refractivity contribution in [2.45, 2.75) is 25.3 Å². The van der Waals surface area contributed by atoms with Crippen molar-refractivity contribution in [3.8, 4) is 0 Å². The van der Waals surface area contributed by atoms with E-state index in [1.54, 1.807) is 0 Å². The molecule has 0 spiro atoms. The smallest absolute Gasteiger partial charge is 0.735 e. The second kappa shape index (κ2) is 6.03. The molecule has 1 aliphatic heterocycles. The van der Waals surface area contributed by atoms with Crippen molar-refractivity contribution in [1.82, 2.24) is 4.31 Å². The number of hydrogen-bond acceptors (Lipinski definition) is 3. The fourth-order valence-corrected chi connectivity index (χ4v) is 3.09. The molecule has 1 heterocycles. The van der Waals surface area contributed by atoms with E-state index in [-0.39, 0.29) is 24.9 Å². The first-order valence-electron chi connectivity index (χ1n) is 5.34. The van der Waals surface area contributed by atoms with E-state index in [0.717, 1.165) is 22.7 Å². The third kappa shape index (κ3) is 3.83. The fraction of sp³-hybridized carbons (Fsp3) is 0.455. The molecule has 1 fully saturated rings. The number of benzene rings is 1. The predicted molar refractivity (Wildman–Crippen MR) is 59.6 cm³/mol. The summed E-state index contributed by atoms with van der Waals surface area (Å²) in [4.78, 5) is 0. The van der Waals surface area contributed by atoms with Crippen LogP contribution < -0.4 is 18.9 Å². The van der Waals surface area contributed by atoms with Gasteiger partial charge in [-0.05, 0) is 24.8 Å².